The average Bonchev–Trinajstić information content (AvgIpc) is 3.13. The lowest BCUT2D eigenvalue weighted by molar-refractivity contribution is -0.384. The van der Waals surface area contributed by atoms with E-state index in [0.717, 1.165) is 0 Å². The third kappa shape index (κ3) is 2.89. The molecule has 0 fully saturated rings. The zero-order valence-electron chi connectivity index (χ0n) is 12.8. The van der Waals surface area contributed by atoms with Gasteiger partial charge in [-0.05, 0) is 25.1 Å². The normalized spacial score (nSPS) is 15.3. The summed E-state index contributed by atoms with van der Waals surface area (Å²) in [5.74, 6) is 0.721. The molecule has 0 unspecified atom stereocenters. The number of ether oxygens (including phenoxy) is 2. The molecule has 122 valence electrons. The minimum absolute atomic E-state index is 0.0351. The number of aryl methyl sites for hydroxylation is 1. The molecule has 2 aromatic rings. The average molecular weight is 328 g/mol. The number of cyclic esters (lactones) is 1. The second kappa shape index (κ2) is 5.99. The summed E-state index contributed by atoms with van der Waals surface area (Å²) in [4.78, 5) is 26.4. The number of carbonyl (C=O) groups excluding carboxylic acids is 1. The number of nitro groups is 1. The molecule has 24 heavy (non-hydrogen) atoms. The Morgan fingerprint density at radius 2 is 2.08 bits per heavy atom. The van der Waals surface area contributed by atoms with Crippen LogP contribution in [0, 0.1) is 17.0 Å². The Balaban J connectivity index is 2.02. The molecule has 0 saturated heterocycles. The standard InChI is InChI=1S/C16H12N2O6/c1-9-3-5-11(23-9)8-13-16(19)24-15(17-13)12-7-10(18(20)21)4-6-14(12)22-2/h3-8H,1-2H3/b13-8+. The second-order valence-corrected chi connectivity index (χ2v) is 4.93. The molecule has 1 aliphatic heterocycles. The van der Waals surface area contributed by atoms with E-state index in [1.54, 1.807) is 19.1 Å². The molecule has 0 radical (unpaired) electrons. The van der Waals surface area contributed by atoms with E-state index in [9.17, 15) is 14.9 Å². The lowest BCUT2D eigenvalue weighted by Gasteiger charge is -2.06. The Kier molecular flexibility index (Phi) is 3.87. The fraction of sp³-hybridized carbons (Fsp3) is 0.125. The molecule has 1 aliphatic rings. The third-order valence-electron chi connectivity index (χ3n) is 3.28. The number of benzene rings is 1. The molecule has 8 heteroatoms. The summed E-state index contributed by atoms with van der Waals surface area (Å²) in [5, 5.41) is 10.9. The lowest BCUT2D eigenvalue weighted by atomic mass is 10.1. The highest BCUT2D eigenvalue weighted by atomic mass is 16.6. The molecule has 0 aliphatic carbocycles. The maximum absolute atomic E-state index is 12.0. The van der Waals surface area contributed by atoms with E-state index in [2.05, 4.69) is 4.99 Å². The second-order valence-electron chi connectivity index (χ2n) is 4.93. The molecule has 1 aromatic heterocycles. The fourth-order valence-electron chi connectivity index (χ4n) is 2.17. The van der Waals surface area contributed by atoms with E-state index in [4.69, 9.17) is 13.9 Å². The van der Waals surface area contributed by atoms with Crippen LogP contribution in [0.2, 0.25) is 0 Å². The molecule has 0 spiro atoms. The smallest absolute Gasteiger partial charge is 0.363 e. The number of nitro benzene ring substituents is 1. The van der Waals surface area contributed by atoms with Crippen molar-refractivity contribution < 1.29 is 23.6 Å². The van der Waals surface area contributed by atoms with Gasteiger partial charge in [-0.1, -0.05) is 0 Å². The highest BCUT2D eigenvalue weighted by Gasteiger charge is 2.28. The summed E-state index contributed by atoms with van der Waals surface area (Å²) in [5.41, 5.74) is 0.0932. The highest BCUT2D eigenvalue weighted by Crippen LogP contribution is 2.28. The molecule has 0 atom stereocenters. The molecule has 0 amide bonds. The van der Waals surface area contributed by atoms with Gasteiger partial charge in [0.25, 0.3) is 5.69 Å². The maximum atomic E-state index is 12.0. The Bertz CT molecular complexity index is 894. The lowest BCUT2D eigenvalue weighted by Crippen LogP contribution is -2.07. The van der Waals surface area contributed by atoms with Crippen LogP contribution in [-0.4, -0.2) is 23.9 Å². The highest BCUT2D eigenvalue weighted by molar-refractivity contribution is 6.13. The van der Waals surface area contributed by atoms with Crippen LogP contribution in [0.1, 0.15) is 17.1 Å². The van der Waals surface area contributed by atoms with Crippen molar-refractivity contribution >= 4 is 23.6 Å². The van der Waals surface area contributed by atoms with Gasteiger partial charge in [-0.2, -0.15) is 0 Å². The van der Waals surface area contributed by atoms with Crippen molar-refractivity contribution in [3.63, 3.8) is 0 Å². The first-order valence-corrected chi connectivity index (χ1v) is 6.90. The van der Waals surface area contributed by atoms with E-state index in [-0.39, 0.29) is 22.8 Å². The number of esters is 1. The number of furan rings is 1. The number of hydrogen-bond acceptors (Lipinski definition) is 7. The topological polar surface area (TPSA) is 104 Å². The minimum atomic E-state index is -0.674. The van der Waals surface area contributed by atoms with Crippen LogP contribution in [0.4, 0.5) is 5.69 Å². The van der Waals surface area contributed by atoms with Crippen LogP contribution in [0.5, 0.6) is 5.75 Å². The van der Waals surface area contributed by atoms with Crippen LogP contribution in [0.25, 0.3) is 6.08 Å². The number of carbonyl (C=O) groups is 1. The minimum Gasteiger partial charge on any atom is -0.496 e. The zero-order valence-corrected chi connectivity index (χ0v) is 12.8. The fourth-order valence-corrected chi connectivity index (χ4v) is 2.17. The van der Waals surface area contributed by atoms with Gasteiger partial charge in [0, 0.05) is 18.2 Å². The molecular formula is C16H12N2O6. The molecule has 0 saturated carbocycles. The van der Waals surface area contributed by atoms with Crippen LogP contribution in [0.3, 0.4) is 0 Å². The first-order chi connectivity index (χ1) is 11.5. The molecule has 8 nitrogen and oxygen atoms in total. The Labute approximate surface area is 136 Å². The van der Waals surface area contributed by atoms with Crippen molar-refractivity contribution in [2.75, 3.05) is 7.11 Å². The summed E-state index contributed by atoms with van der Waals surface area (Å²) < 4.78 is 15.6. The largest absolute Gasteiger partial charge is 0.496 e. The number of rotatable bonds is 4. The maximum Gasteiger partial charge on any atom is 0.363 e. The quantitative estimate of drug-likeness (QED) is 0.370. The van der Waals surface area contributed by atoms with E-state index in [1.165, 1.54) is 31.4 Å². The summed E-state index contributed by atoms with van der Waals surface area (Å²) in [6, 6.07) is 7.40. The number of non-ortho nitro benzene ring substituents is 1. The van der Waals surface area contributed by atoms with Crippen molar-refractivity contribution in [1.82, 2.24) is 0 Å². The van der Waals surface area contributed by atoms with E-state index in [1.807, 2.05) is 0 Å². The Hall–Kier alpha value is -3.42. The monoisotopic (exact) mass is 328 g/mol. The predicted molar refractivity (Wildman–Crippen MR) is 83.7 cm³/mol. The SMILES string of the molecule is COc1ccc([N+](=O)[O-])cc1C1=N/C(=C/c2ccc(C)o2)C(=O)O1. The van der Waals surface area contributed by atoms with Gasteiger partial charge in [0.1, 0.15) is 17.3 Å². The van der Waals surface area contributed by atoms with Gasteiger partial charge in [0.05, 0.1) is 17.6 Å². The van der Waals surface area contributed by atoms with E-state index in [0.29, 0.717) is 17.3 Å². The predicted octanol–water partition coefficient (Wildman–Crippen LogP) is 2.85. The first-order valence-electron chi connectivity index (χ1n) is 6.90. The summed E-state index contributed by atoms with van der Waals surface area (Å²) in [7, 11) is 1.41. The van der Waals surface area contributed by atoms with Crippen LogP contribution in [-0.2, 0) is 9.53 Å². The van der Waals surface area contributed by atoms with Gasteiger partial charge in [-0.3, -0.25) is 10.1 Å². The van der Waals surface area contributed by atoms with Crippen molar-refractivity contribution in [2.45, 2.75) is 6.92 Å². The molecular weight excluding hydrogens is 316 g/mol. The number of hydrogen-bond donors (Lipinski definition) is 0. The summed E-state index contributed by atoms with van der Waals surface area (Å²) in [6.45, 7) is 1.78. The third-order valence-corrected chi connectivity index (χ3v) is 3.28. The Morgan fingerprint density at radius 3 is 2.71 bits per heavy atom. The van der Waals surface area contributed by atoms with Crippen molar-refractivity contribution in [3.8, 4) is 5.75 Å². The van der Waals surface area contributed by atoms with Gasteiger partial charge in [-0.15, -0.1) is 0 Å². The van der Waals surface area contributed by atoms with Gasteiger partial charge < -0.3 is 13.9 Å². The molecule has 1 aromatic carbocycles. The zero-order chi connectivity index (χ0) is 17.3. The summed E-state index contributed by atoms with van der Waals surface area (Å²) >= 11 is 0. The van der Waals surface area contributed by atoms with Crippen molar-refractivity contribution in [3.05, 3.63) is 63.2 Å². The van der Waals surface area contributed by atoms with Crippen LogP contribution < -0.4 is 4.74 Å². The van der Waals surface area contributed by atoms with Crippen LogP contribution in [0.15, 0.2) is 45.4 Å². The van der Waals surface area contributed by atoms with Crippen molar-refractivity contribution in [2.24, 2.45) is 4.99 Å². The molecule has 3 rings (SSSR count). The van der Waals surface area contributed by atoms with Gasteiger partial charge in [-0.25, -0.2) is 9.79 Å². The van der Waals surface area contributed by atoms with E-state index < -0.39 is 10.9 Å². The number of nitrogens with zero attached hydrogens (tertiary/aromatic N) is 2. The first kappa shape index (κ1) is 15.5. The van der Waals surface area contributed by atoms with Gasteiger partial charge in [0.15, 0.2) is 5.70 Å². The molecule has 2 heterocycles. The number of methoxy groups -OCH3 is 1. The van der Waals surface area contributed by atoms with Gasteiger partial charge in [0.2, 0.25) is 5.90 Å². The summed E-state index contributed by atoms with van der Waals surface area (Å²) in [6.07, 6.45) is 1.44. The molecule has 0 N–H and O–H groups in total. The number of aliphatic imine (C=N–C) groups is 1. The molecule has 0 bridgehead atoms. The van der Waals surface area contributed by atoms with Crippen molar-refractivity contribution in [1.29, 1.82) is 0 Å². The Morgan fingerprint density at radius 1 is 1.29 bits per heavy atom. The van der Waals surface area contributed by atoms with E-state index >= 15 is 0 Å². The van der Waals surface area contributed by atoms with Gasteiger partial charge >= 0.3 is 5.97 Å². The van der Waals surface area contributed by atoms with Crippen LogP contribution >= 0.6 is 0 Å².